The van der Waals surface area contributed by atoms with Crippen LogP contribution in [0.4, 0.5) is 5.69 Å². The maximum absolute atomic E-state index is 11.5. The lowest BCUT2D eigenvalue weighted by Gasteiger charge is -2.18. The maximum Gasteiger partial charge on any atom is 0.229 e. The van der Waals surface area contributed by atoms with Gasteiger partial charge in [0.1, 0.15) is 5.75 Å². The minimum Gasteiger partial charge on any atom is -0.505 e. The number of para-hydroxylation sites is 1. The number of phenolic OH excluding ortho intramolecular Hbond substituents is 1. The Bertz CT molecular complexity index is 403. The number of carbonyl (C=O) groups is 1. The first-order chi connectivity index (χ1) is 7.09. The molecule has 2 N–H and O–H groups in total. The van der Waals surface area contributed by atoms with Gasteiger partial charge in [-0.2, -0.15) is 0 Å². The molecule has 1 amide bonds. The van der Waals surface area contributed by atoms with Crippen molar-refractivity contribution in [1.82, 2.24) is 0 Å². The van der Waals surface area contributed by atoms with Gasteiger partial charge in [0.15, 0.2) is 0 Å². The van der Waals surface area contributed by atoms with E-state index in [1.54, 1.807) is 25.1 Å². The van der Waals surface area contributed by atoms with Crippen LogP contribution in [0.1, 0.15) is 12.0 Å². The smallest absolute Gasteiger partial charge is 0.229 e. The van der Waals surface area contributed by atoms with Crippen LogP contribution >= 0.6 is 0 Å². The van der Waals surface area contributed by atoms with E-state index in [2.05, 4.69) is 0 Å². The van der Waals surface area contributed by atoms with Gasteiger partial charge < -0.3 is 15.1 Å². The van der Waals surface area contributed by atoms with Gasteiger partial charge in [-0.05, 0) is 18.6 Å². The Kier molecular flexibility index (Phi) is 2.36. The fraction of sp³-hybridized carbons (Fsp3) is 0.364. The largest absolute Gasteiger partial charge is 0.505 e. The van der Waals surface area contributed by atoms with Gasteiger partial charge in [-0.25, -0.2) is 0 Å². The molecule has 1 heterocycles. The molecule has 2 rings (SSSR count). The third-order valence-corrected chi connectivity index (χ3v) is 2.61. The Hall–Kier alpha value is -1.55. The van der Waals surface area contributed by atoms with Crippen LogP contribution in [-0.4, -0.2) is 28.8 Å². The molecular formula is C11H13NO3. The van der Waals surface area contributed by atoms with Crippen molar-refractivity contribution in [3.8, 4) is 5.75 Å². The Balaban J connectivity index is 2.38. The predicted octanol–water partition coefficient (Wildman–Crippen LogP) is 0.798. The van der Waals surface area contributed by atoms with E-state index in [0.29, 0.717) is 5.69 Å². The van der Waals surface area contributed by atoms with Gasteiger partial charge in [-0.1, -0.05) is 12.1 Å². The zero-order valence-electron chi connectivity index (χ0n) is 8.47. The number of aryl methyl sites for hydroxylation is 1. The number of benzene rings is 1. The quantitative estimate of drug-likeness (QED) is 0.716. The molecule has 1 aliphatic heterocycles. The third-order valence-electron chi connectivity index (χ3n) is 2.61. The predicted molar refractivity (Wildman–Crippen MR) is 55.8 cm³/mol. The number of aliphatic hydroxyl groups excluding tert-OH is 1. The minimum atomic E-state index is -0.627. The number of rotatable bonds is 1. The van der Waals surface area contributed by atoms with E-state index in [1.165, 1.54) is 4.90 Å². The van der Waals surface area contributed by atoms with Gasteiger partial charge in [0, 0.05) is 0 Å². The van der Waals surface area contributed by atoms with Crippen LogP contribution in [0, 0.1) is 6.92 Å². The summed E-state index contributed by atoms with van der Waals surface area (Å²) in [5.41, 5.74) is 1.21. The molecule has 0 radical (unpaired) electrons. The van der Waals surface area contributed by atoms with E-state index in [-0.39, 0.29) is 24.6 Å². The lowest BCUT2D eigenvalue weighted by Crippen LogP contribution is -2.25. The highest BCUT2D eigenvalue weighted by Gasteiger charge is 2.30. The molecule has 1 fully saturated rings. The van der Waals surface area contributed by atoms with E-state index < -0.39 is 6.10 Å². The zero-order valence-corrected chi connectivity index (χ0v) is 8.47. The number of phenols is 1. The van der Waals surface area contributed by atoms with Crippen LogP contribution in [-0.2, 0) is 4.79 Å². The van der Waals surface area contributed by atoms with Crippen LogP contribution < -0.4 is 4.90 Å². The monoisotopic (exact) mass is 207 g/mol. The van der Waals surface area contributed by atoms with Crippen LogP contribution in [0.2, 0.25) is 0 Å². The third kappa shape index (κ3) is 1.68. The SMILES string of the molecule is Cc1cccc(N2CC(O)CC2=O)c1O. The van der Waals surface area contributed by atoms with E-state index >= 15 is 0 Å². The average molecular weight is 207 g/mol. The Labute approximate surface area is 87.8 Å². The topological polar surface area (TPSA) is 60.8 Å². The van der Waals surface area contributed by atoms with Gasteiger partial charge in [-0.3, -0.25) is 4.79 Å². The molecule has 1 atom stereocenters. The van der Waals surface area contributed by atoms with Crippen molar-refractivity contribution in [2.24, 2.45) is 0 Å². The van der Waals surface area contributed by atoms with Crippen molar-refractivity contribution < 1.29 is 15.0 Å². The zero-order chi connectivity index (χ0) is 11.0. The molecule has 80 valence electrons. The Morgan fingerprint density at radius 3 is 2.80 bits per heavy atom. The number of amides is 1. The number of aromatic hydroxyl groups is 1. The first kappa shape index (κ1) is 9.98. The number of aliphatic hydroxyl groups is 1. The number of anilines is 1. The molecule has 1 aromatic carbocycles. The van der Waals surface area contributed by atoms with Gasteiger partial charge in [0.25, 0.3) is 0 Å². The average Bonchev–Trinajstić information content (AvgIpc) is 2.50. The van der Waals surface area contributed by atoms with Crippen molar-refractivity contribution in [1.29, 1.82) is 0 Å². The summed E-state index contributed by atoms with van der Waals surface area (Å²) in [6.07, 6.45) is -0.495. The summed E-state index contributed by atoms with van der Waals surface area (Å²) in [4.78, 5) is 12.9. The molecule has 1 saturated heterocycles. The number of hydrogen-bond donors (Lipinski definition) is 2. The maximum atomic E-state index is 11.5. The van der Waals surface area contributed by atoms with E-state index in [1.807, 2.05) is 0 Å². The fourth-order valence-corrected chi connectivity index (χ4v) is 1.78. The Morgan fingerprint density at radius 2 is 2.20 bits per heavy atom. The highest BCUT2D eigenvalue weighted by Crippen LogP contribution is 2.32. The molecule has 1 aromatic rings. The molecule has 0 aromatic heterocycles. The van der Waals surface area contributed by atoms with Gasteiger partial charge >= 0.3 is 0 Å². The number of β-amino-alcohol motifs (C(OH)–C–C–N with tert-alkyl or cyclic N) is 1. The van der Waals surface area contributed by atoms with Crippen LogP contribution in [0.15, 0.2) is 18.2 Å². The lowest BCUT2D eigenvalue weighted by atomic mass is 10.2. The van der Waals surface area contributed by atoms with Gasteiger partial charge in [0.05, 0.1) is 24.8 Å². The molecule has 0 bridgehead atoms. The van der Waals surface area contributed by atoms with E-state index in [4.69, 9.17) is 0 Å². The van der Waals surface area contributed by atoms with E-state index in [0.717, 1.165) is 5.56 Å². The first-order valence-electron chi connectivity index (χ1n) is 4.86. The molecule has 0 aliphatic carbocycles. The standard InChI is InChI=1S/C11H13NO3/c1-7-3-2-4-9(11(7)15)12-6-8(13)5-10(12)14/h2-4,8,13,15H,5-6H2,1H3. The fourth-order valence-electron chi connectivity index (χ4n) is 1.78. The normalized spacial score (nSPS) is 21.1. The molecule has 0 spiro atoms. The second kappa shape index (κ2) is 3.55. The summed E-state index contributed by atoms with van der Waals surface area (Å²) < 4.78 is 0. The summed E-state index contributed by atoms with van der Waals surface area (Å²) in [7, 11) is 0. The highest BCUT2D eigenvalue weighted by molar-refractivity contribution is 5.97. The molecule has 1 unspecified atom stereocenters. The van der Waals surface area contributed by atoms with Crippen molar-refractivity contribution in [3.05, 3.63) is 23.8 Å². The van der Waals surface area contributed by atoms with Crippen LogP contribution in [0.25, 0.3) is 0 Å². The van der Waals surface area contributed by atoms with Crippen molar-refractivity contribution in [2.75, 3.05) is 11.4 Å². The lowest BCUT2D eigenvalue weighted by molar-refractivity contribution is -0.117. The van der Waals surface area contributed by atoms with Crippen molar-refractivity contribution >= 4 is 11.6 Å². The first-order valence-corrected chi connectivity index (χ1v) is 4.86. The molecule has 4 nitrogen and oxygen atoms in total. The Morgan fingerprint density at radius 1 is 1.47 bits per heavy atom. The van der Waals surface area contributed by atoms with Gasteiger partial charge in [0.2, 0.25) is 5.91 Å². The van der Waals surface area contributed by atoms with Gasteiger partial charge in [-0.15, -0.1) is 0 Å². The van der Waals surface area contributed by atoms with Crippen molar-refractivity contribution in [3.63, 3.8) is 0 Å². The molecule has 1 aliphatic rings. The highest BCUT2D eigenvalue weighted by atomic mass is 16.3. The van der Waals surface area contributed by atoms with Crippen LogP contribution in [0.5, 0.6) is 5.75 Å². The number of nitrogens with zero attached hydrogens (tertiary/aromatic N) is 1. The second-order valence-electron chi connectivity index (χ2n) is 3.80. The minimum absolute atomic E-state index is 0.111. The van der Waals surface area contributed by atoms with Crippen molar-refractivity contribution in [2.45, 2.75) is 19.4 Å². The molecule has 4 heteroatoms. The second-order valence-corrected chi connectivity index (χ2v) is 3.80. The molecule has 0 saturated carbocycles. The van der Waals surface area contributed by atoms with Crippen LogP contribution in [0.3, 0.4) is 0 Å². The van der Waals surface area contributed by atoms with E-state index in [9.17, 15) is 15.0 Å². The number of hydrogen-bond acceptors (Lipinski definition) is 3. The molecule has 15 heavy (non-hydrogen) atoms. The summed E-state index contributed by atoms with van der Waals surface area (Å²) in [6, 6.07) is 5.23. The number of carbonyl (C=O) groups excluding carboxylic acids is 1. The summed E-state index contributed by atoms with van der Waals surface area (Å²) in [5, 5.41) is 19.1. The summed E-state index contributed by atoms with van der Waals surface area (Å²) in [6.45, 7) is 2.03. The summed E-state index contributed by atoms with van der Waals surface area (Å²) >= 11 is 0. The molecular weight excluding hydrogens is 194 g/mol. The summed E-state index contributed by atoms with van der Waals surface area (Å²) in [5.74, 6) is -0.0386.